The van der Waals surface area contributed by atoms with Gasteiger partial charge in [-0.15, -0.1) is 0 Å². The highest BCUT2D eigenvalue weighted by molar-refractivity contribution is 7.98. The van der Waals surface area contributed by atoms with Gasteiger partial charge < -0.3 is 10.1 Å². The third-order valence-corrected chi connectivity index (χ3v) is 3.41. The summed E-state index contributed by atoms with van der Waals surface area (Å²) in [5, 5.41) is 3.84. The number of carbonyl (C=O) groups excluding carboxylic acids is 1. The van der Waals surface area contributed by atoms with Crippen LogP contribution in [0.4, 0.5) is 5.69 Å². The topological polar surface area (TPSA) is 38.3 Å². The van der Waals surface area contributed by atoms with Gasteiger partial charge in [0.2, 0.25) is 0 Å². The van der Waals surface area contributed by atoms with E-state index in [0.29, 0.717) is 10.6 Å². The molecule has 0 aliphatic carbocycles. The molecule has 18 heavy (non-hydrogen) atoms. The summed E-state index contributed by atoms with van der Waals surface area (Å²) >= 11 is 7.77. The van der Waals surface area contributed by atoms with Crippen LogP contribution in [0, 0.1) is 0 Å². The first-order chi connectivity index (χ1) is 8.69. The quantitative estimate of drug-likeness (QED) is 0.613. The monoisotopic (exact) mass is 287 g/mol. The molecule has 0 saturated heterocycles. The molecule has 0 spiro atoms. The van der Waals surface area contributed by atoms with Gasteiger partial charge in [0.1, 0.15) is 0 Å². The maximum absolute atomic E-state index is 11.6. The third-order valence-electron chi connectivity index (χ3n) is 2.48. The molecular weight excluding hydrogens is 270 g/mol. The van der Waals surface area contributed by atoms with Gasteiger partial charge in [-0.25, -0.2) is 4.79 Å². The summed E-state index contributed by atoms with van der Waals surface area (Å²) in [7, 11) is 1.37. The Morgan fingerprint density at radius 1 is 1.44 bits per heavy atom. The first-order valence-corrected chi connectivity index (χ1v) is 7.57. The number of thioether (sulfide) groups is 1. The van der Waals surface area contributed by atoms with Crippen LogP contribution in [0.25, 0.3) is 0 Å². The predicted octanol–water partition coefficient (Wildman–Crippen LogP) is 3.68. The summed E-state index contributed by atoms with van der Waals surface area (Å²) in [4.78, 5) is 11.6. The molecular formula is C13H18ClNO2S. The van der Waals surface area contributed by atoms with Gasteiger partial charge >= 0.3 is 5.97 Å². The molecule has 0 heterocycles. The van der Waals surface area contributed by atoms with Crippen LogP contribution in [0.2, 0.25) is 5.02 Å². The molecule has 1 N–H and O–H groups in total. The van der Waals surface area contributed by atoms with Gasteiger partial charge in [0.05, 0.1) is 18.4 Å². The smallest absolute Gasteiger partial charge is 0.339 e. The Labute approximate surface area is 117 Å². The minimum atomic E-state index is -0.349. The number of ether oxygens (including phenoxy) is 1. The van der Waals surface area contributed by atoms with Crippen molar-refractivity contribution >= 4 is 35.0 Å². The standard InChI is InChI=1S/C13H18ClNO2S/c1-17-13(16)11-6-5-10(14)9-12(11)15-7-3-4-8-18-2/h5-6,9,15H,3-4,7-8H2,1-2H3. The lowest BCUT2D eigenvalue weighted by molar-refractivity contribution is 0.0602. The van der Waals surface area contributed by atoms with Crippen molar-refractivity contribution in [2.75, 3.05) is 31.0 Å². The van der Waals surface area contributed by atoms with Gasteiger partial charge in [-0.1, -0.05) is 11.6 Å². The van der Waals surface area contributed by atoms with E-state index in [2.05, 4.69) is 11.6 Å². The van der Waals surface area contributed by atoms with Crippen molar-refractivity contribution in [1.82, 2.24) is 0 Å². The minimum Gasteiger partial charge on any atom is -0.465 e. The molecule has 5 heteroatoms. The van der Waals surface area contributed by atoms with Crippen LogP contribution in [0.15, 0.2) is 18.2 Å². The second-order valence-corrected chi connectivity index (χ2v) is 5.23. The highest BCUT2D eigenvalue weighted by atomic mass is 35.5. The van der Waals surface area contributed by atoms with Crippen LogP contribution in [-0.4, -0.2) is 31.6 Å². The molecule has 0 fully saturated rings. The molecule has 0 unspecified atom stereocenters. The zero-order valence-electron chi connectivity index (χ0n) is 10.7. The van der Waals surface area contributed by atoms with E-state index in [1.54, 1.807) is 18.2 Å². The lowest BCUT2D eigenvalue weighted by Crippen LogP contribution is -2.09. The Bertz CT molecular complexity index is 399. The zero-order chi connectivity index (χ0) is 13.4. The molecule has 0 aromatic heterocycles. The summed E-state index contributed by atoms with van der Waals surface area (Å²) in [5.41, 5.74) is 1.25. The molecule has 0 aliphatic heterocycles. The van der Waals surface area contributed by atoms with Gasteiger partial charge in [0.15, 0.2) is 0 Å². The fourth-order valence-corrected chi connectivity index (χ4v) is 2.21. The van der Waals surface area contributed by atoms with Gasteiger partial charge in [0, 0.05) is 11.6 Å². The number of carbonyl (C=O) groups is 1. The van der Waals surface area contributed by atoms with E-state index in [1.807, 2.05) is 11.8 Å². The van der Waals surface area contributed by atoms with E-state index in [1.165, 1.54) is 7.11 Å². The molecule has 0 radical (unpaired) electrons. The molecule has 100 valence electrons. The highest BCUT2D eigenvalue weighted by Crippen LogP contribution is 2.22. The largest absolute Gasteiger partial charge is 0.465 e. The van der Waals surface area contributed by atoms with Gasteiger partial charge in [-0.05, 0) is 43.0 Å². The van der Waals surface area contributed by atoms with Crippen molar-refractivity contribution in [1.29, 1.82) is 0 Å². The number of esters is 1. The van der Waals surface area contributed by atoms with Crippen molar-refractivity contribution < 1.29 is 9.53 Å². The summed E-state index contributed by atoms with van der Waals surface area (Å²) in [6, 6.07) is 5.12. The number of hydrogen-bond acceptors (Lipinski definition) is 4. The second kappa shape index (κ2) is 8.27. The van der Waals surface area contributed by atoms with Crippen LogP contribution in [0.3, 0.4) is 0 Å². The Hall–Kier alpha value is -0.870. The number of rotatable bonds is 7. The van der Waals surface area contributed by atoms with Crippen LogP contribution in [-0.2, 0) is 4.74 Å². The number of halogens is 1. The van der Waals surface area contributed by atoms with Crippen molar-refractivity contribution in [3.05, 3.63) is 28.8 Å². The zero-order valence-corrected chi connectivity index (χ0v) is 12.2. The van der Waals surface area contributed by atoms with Crippen LogP contribution < -0.4 is 5.32 Å². The van der Waals surface area contributed by atoms with Crippen LogP contribution in [0.5, 0.6) is 0 Å². The number of unbranched alkanes of at least 4 members (excludes halogenated alkanes) is 1. The molecule has 1 rings (SSSR count). The van der Waals surface area contributed by atoms with Crippen LogP contribution in [0.1, 0.15) is 23.2 Å². The van der Waals surface area contributed by atoms with Crippen molar-refractivity contribution in [3.63, 3.8) is 0 Å². The second-order valence-electron chi connectivity index (χ2n) is 3.81. The van der Waals surface area contributed by atoms with E-state index in [4.69, 9.17) is 16.3 Å². The SMILES string of the molecule is COC(=O)c1ccc(Cl)cc1NCCCCSC. The summed E-state index contributed by atoms with van der Waals surface area (Å²) in [5.74, 6) is 0.805. The number of benzene rings is 1. The van der Waals surface area contributed by atoms with Crippen molar-refractivity contribution in [2.24, 2.45) is 0 Å². The Morgan fingerprint density at radius 3 is 2.89 bits per heavy atom. The molecule has 0 amide bonds. The number of methoxy groups -OCH3 is 1. The first-order valence-electron chi connectivity index (χ1n) is 5.79. The Balaban J connectivity index is 2.62. The predicted molar refractivity (Wildman–Crippen MR) is 78.9 cm³/mol. The first kappa shape index (κ1) is 15.2. The molecule has 0 bridgehead atoms. The maximum Gasteiger partial charge on any atom is 0.339 e. The van der Waals surface area contributed by atoms with Crippen LogP contribution >= 0.6 is 23.4 Å². The lowest BCUT2D eigenvalue weighted by atomic mass is 10.1. The molecule has 0 saturated carbocycles. The van der Waals surface area contributed by atoms with E-state index < -0.39 is 0 Å². The molecule has 0 aliphatic rings. The minimum absolute atomic E-state index is 0.349. The van der Waals surface area contributed by atoms with E-state index in [9.17, 15) is 4.79 Å². The third kappa shape index (κ3) is 4.78. The summed E-state index contributed by atoms with van der Waals surface area (Å²) in [6.45, 7) is 0.824. The molecule has 3 nitrogen and oxygen atoms in total. The molecule has 1 aromatic carbocycles. The average Bonchev–Trinajstić information content (AvgIpc) is 2.38. The number of hydrogen-bond donors (Lipinski definition) is 1. The lowest BCUT2D eigenvalue weighted by Gasteiger charge is -2.11. The van der Waals surface area contributed by atoms with E-state index in [0.717, 1.165) is 30.8 Å². The maximum atomic E-state index is 11.6. The fraction of sp³-hybridized carbons (Fsp3) is 0.462. The van der Waals surface area contributed by atoms with E-state index in [-0.39, 0.29) is 5.97 Å². The molecule has 0 atom stereocenters. The van der Waals surface area contributed by atoms with Gasteiger partial charge in [-0.3, -0.25) is 0 Å². The van der Waals surface area contributed by atoms with Gasteiger partial charge in [0.25, 0.3) is 0 Å². The Kier molecular flexibility index (Phi) is 6.98. The summed E-state index contributed by atoms with van der Waals surface area (Å²) < 4.78 is 4.74. The highest BCUT2D eigenvalue weighted by Gasteiger charge is 2.11. The summed E-state index contributed by atoms with van der Waals surface area (Å²) in [6.07, 6.45) is 4.32. The van der Waals surface area contributed by atoms with Gasteiger partial charge in [-0.2, -0.15) is 11.8 Å². The average molecular weight is 288 g/mol. The Morgan fingerprint density at radius 2 is 2.22 bits per heavy atom. The van der Waals surface area contributed by atoms with E-state index >= 15 is 0 Å². The van der Waals surface area contributed by atoms with Crippen molar-refractivity contribution in [2.45, 2.75) is 12.8 Å². The fourth-order valence-electron chi connectivity index (χ4n) is 1.55. The normalized spacial score (nSPS) is 10.2. The van der Waals surface area contributed by atoms with Crippen molar-refractivity contribution in [3.8, 4) is 0 Å². The number of anilines is 1. The number of nitrogens with one attached hydrogen (secondary N) is 1. The molecule has 1 aromatic rings.